The van der Waals surface area contributed by atoms with E-state index < -0.39 is 81.8 Å². The number of hydrogen-bond acceptors (Lipinski definition) is 7. The van der Waals surface area contributed by atoms with E-state index >= 15 is 0 Å². The quantitative estimate of drug-likeness (QED) is 0.248. The lowest BCUT2D eigenvalue weighted by Crippen LogP contribution is -2.42. The van der Waals surface area contributed by atoms with Gasteiger partial charge in [-0.25, -0.2) is 4.79 Å². The molecule has 37 heavy (non-hydrogen) atoms. The lowest BCUT2D eigenvalue weighted by atomic mass is 9.66. The molecule has 13 nitrogen and oxygen atoms in total. The molecule has 2 rings (SSSR count). The Morgan fingerprint density at radius 2 is 0.946 bits per heavy atom. The fraction of sp³-hybridized carbons (Fsp3) is 0.750. The van der Waals surface area contributed by atoms with Crippen LogP contribution in [0.3, 0.4) is 0 Å². The number of aliphatic hydroxyl groups excluding tert-OH is 1. The largest absolute Gasteiger partial charge is 0.481 e. The van der Waals surface area contributed by atoms with Gasteiger partial charge in [-0.05, 0) is 50.4 Å². The Bertz CT molecular complexity index is 864. The first kappa shape index (κ1) is 33.8. The van der Waals surface area contributed by atoms with Gasteiger partial charge in [0.1, 0.15) is 0 Å². The predicted octanol–water partition coefficient (Wildman–Crippen LogP) is 2.10. The van der Waals surface area contributed by atoms with E-state index in [1.54, 1.807) is 41.5 Å². The molecule has 2 saturated carbocycles. The highest BCUT2D eigenvalue weighted by molar-refractivity contribution is 5.81. The summed E-state index contributed by atoms with van der Waals surface area (Å²) in [6.45, 7) is 10.2. The summed E-state index contributed by atoms with van der Waals surface area (Å²) in [6, 6.07) is 0. The minimum atomic E-state index is -1.79. The van der Waals surface area contributed by atoms with Crippen LogP contribution in [0.4, 0.5) is 0 Å². The van der Waals surface area contributed by atoms with Gasteiger partial charge in [-0.3, -0.25) is 24.0 Å². The number of rotatable bonds is 7. The number of hydrogen-bond donors (Lipinski definition) is 7. The van der Waals surface area contributed by atoms with E-state index in [4.69, 9.17) is 35.7 Å². The lowest BCUT2D eigenvalue weighted by Gasteiger charge is -2.36. The second kappa shape index (κ2) is 11.9. The molecule has 2 aliphatic carbocycles. The zero-order valence-corrected chi connectivity index (χ0v) is 21.8. The monoisotopic (exact) mass is 534 g/mol. The SMILES string of the molecule is CC1(C(=O)O)CCC(C(=O)O)C1(C)C.CC1(C(=O)O)CCC(C(=O)O)C1(C)C.O=C(O)CC(O)C(=O)O. The number of carboxylic acid groups (broad SMARTS) is 6. The molecular formula is C24H38O13. The summed E-state index contributed by atoms with van der Waals surface area (Å²) in [5, 5.41) is 60.3. The fourth-order valence-electron chi connectivity index (χ4n) is 4.88. The van der Waals surface area contributed by atoms with Crippen LogP contribution in [-0.2, 0) is 28.8 Å². The van der Waals surface area contributed by atoms with Crippen LogP contribution in [0.1, 0.15) is 73.6 Å². The van der Waals surface area contributed by atoms with Gasteiger partial charge in [-0.1, -0.05) is 27.7 Å². The maximum atomic E-state index is 11.1. The standard InChI is InChI=1S/2C10H16O4.C4H6O5/c2*1-9(2)6(7(11)12)4-5-10(9,3)8(13)14;5-2(4(8)9)1-3(6)7/h2*6H,4-5H2,1-3H3,(H,11,12)(H,13,14);2,5H,1H2,(H,6,7)(H,8,9). The minimum Gasteiger partial charge on any atom is -0.481 e. The van der Waals surface area contributed by atoms with Gasteiger partial charge in [-0.2, -0.15) is 0 Å². The number of carboxylic acids is 6. The van der Waals surface area contributed by atoms with Crippen LogP contribution in [0, 0.1) is 33.5 Å². The second-order valence-electron chi connectivity index (χ2n) is 11.0. The molecule has 0 spiro atoms. The molecule has 0 heterocycles. The molecule has 212 valence electrons. The molecule has 0 saturated heterocycles. The summed E-state index contributed by atoms with van der Waals surface area (Å²) in [7, 11) is 0. The molecule has 5 unspecified atom stereocenters. The Morgan fingerprint density at radius 3 is 1.05 bits per heavy atom. The summed E-state index contributed by atoms with van der Waals surface area (Å²) in [5.74, 6) is -7.52. The Balaban J connectivity index is 0.000000541. The highest BCUT2D eigenvalue weighted by atomic mass is 16.4. The van der Waals surface area contributed by atoms with Crippen molar-refractivity contribution in [3.05, 3.63) is 0 Å². The summed E-state index contributed by atoms with van der Waals surface area (Å²) < 4.78 is 0. The molecule has 0 bridgehead atoms. The van der Waals surface area contributed by atoms with Crippen LogP contribution in [0.15, 0.2) is 0 Å². The van der Waals surface area contributed by atoms with Crippen molar-refractivity contribution in [3.63, 3.8) is 0 Å². The van der Waals surface area contributed by atoms with E-state index in [0.29, 0.717) is 25.7 Å². The van der Waals surface area contributed by atoms with Crippen LogP contribution < -0.4 is 0 Å². The zero-order valence-electron chi connectivity index (χ0n) is 21.8. The molecule has 0 aromatic rings. The molecule has 2 aliphatic rings. The zero-order chi connectivity index (χ0) is 29.7. The van der Waals surface area contributed by atoms with Crippen molar-refractivity contribution in [1.82, 2.24) is 0 Å². The van der Waals surface area contributed by atoms with Crippen molar-refractivity contribution in [1.29, 1.82) is 0 Å². The van der Waals surface area contributed by atoms with Crippen molar-refractivity contribution in [3.8, 4) is 0 Å². The second-order valence-corrected chi connectivity index (χ2v) is 11.0. The van der Waals surface area contributed by atoms with Gasteiger partial charge in [0.2, 0.25) is 0 Å². The van der Waals surface area contributed by atoms with E-state index in [1.807, 2.05) is 0 Å². The van der Waals surface area contributed by atoms with Crippen LogP contribution in [0.5, 0.6) is 0 Å². The smallest absolute Gasteiger partial charge is 0.333 e. The molecule has 13 heteroatoms. The highest BCUT2D eigenvalue weighted by Crippen LogP contribution is 2.57. The van der Waals surface area contributed by atoms with Gasteiger partial charge in [-0.15, -0.1) is 0 Å². The summed E-state index contributed by atoms with van der Waals surface area (Å²) in [4.78, 5) is 63.5. The number of carbonyl (C=O) groups is 6. The number of aliphatic carboxylic acids is 6. The fourth-order valence-corrected chi connectivity index (χ4v) is 4.88. The third-order valence-corrected chi connectivity index (χ3v) is 8.65. The average Bonchev–Trinajstić information content (AvgIpc) is 3.12. The molecule has 2 fully saturated rings. The molecule has 0 aromatic heterocycles. The molecule has 0 radical (unpaired) electrons. The van der Waals surface area contributed by atoms with E-state index in [0.717, 1.165) is 0 Å². The van der Waals surface area contributed by atoms with Crippen LogP contribution in [0.25, 0.3) is 0 Å². The van der Waals surface area contributed by atoms with Crippen LogP contribution >= 0.6 is 0 Å². The van der Waals surface area contributed by atoms with Crippen molar-refractivity contribution in [2.24, 2.45) is 33.5 Å². The van der Waals surface area contributed by atoms with Gasteiger partial charge >= 0.3 is 35.8 Å². The number of aliphatic hydroxyl groups is 1. The normalized spacial score (nSPS) is 29.9. The van der Waals surface area contributed by atoms with Gasteiger partial charge in [0.25, 0.3) is 0 Å². The van der Waals surface area contributed by atoms with Gasteiger partial charge < -0.3 is 35.7 Å². The Labute approximate surface area is 214 Å². The minimum absolute atomic E-state index is 0.437. The first-order chi connectivity index (χ1) is 16.5. The Hall–Kier alpha value is -3.22. The van der Waals surface area contributed by atoms with Gasteiger partial charge in [0.15, 0.2) is 6.10 Å². The Morgan fingerprint density at radius 1 is 0.649 bits per heavy atom. The van der Waals surface area contributed by atoms with Crippen molar-refractivity contribution < 1.29 is 64.5 Å². The molecule has 0 aliphatic heterocycles. The average molecular weight is 535 g/mol. The lowest BCUT2D eigenvalue weighted by molar-refractivity contribution is -0.159. The first-order valence-electron chi connectivity index (χ1n) is 11.6. The Kier molecular flexibility index (Phi) is 10.9. The first-order valence-corrected chi connectivity index (χ1v) is 11.6. The molecule has 7 N–H and O–H groups in total. The topological polar surface area (TPSA) is 244 Å². The summed E-state index contributed by atoms with van der Waals surface area (Å²) >= 11 is 0. The van der Waals surface area contributed by atoms with Crippen molar-refractivity contribution in [2.45, 2.75) is 79.8 Å². The summed E-state index contributed by atoms with van der Waals surface area (Å²) in [5.41, 5.74) is -3.22. The third kappa shape index (κ3) is 6.96. The van der Waals surface area contributed by atoms with Gasteiger partial charge in [0, 0.05) is 0 Å². The molecule has 0 aromatic carbocycles. The van der Waals surface area contributed by atoms with E-state index in [2.05, 4.69) is 0 Å². The summed E-state index contributed by atoms with van der Waals surface area (Å²) in [6.07, 6.45) is -0.771. The predicted molar refractivity (Wildman–Crippen MR) is 126 cm³/mol. The van der Waals surface area contributed by atoms with Crippen molar-refractivity contribution >= 4 is 35.8 Å². The van der Waals surface area contributed by atoms with Crippen LogP contribution in [-0.4, -0.2) is 77.7 Å². The third-order valence-electron chi connectivity index (χ3n) is 8.65. The molecule has 0 amide bonds. The molecule has 5 atom stereocenters. The van der Waals surface area contributed by atoms with E-state index in [1.165, 1.54) is 0 Å². The van der Waals surface area contributed by atoms with Crippen LogP contribution in [0.2, 0.25) is 0 Å². The van der Waals surface area contributed by atoms with E-state index in [-0.39, 0.29) is 0 Å². The van der Waals surface area contributed by atoms with Gasteiger partial charge in [0.05, 0.1) is 29.1 Å². The van der Waals surface area contributed by atoms with E-state index in [9.17, 15) is 28.8 Å². The maximum absolute atomic E-state index is 11.1. The highest BCUT2D eigenvalue weighted by Gasteiger charge is 2.59. The molecular weight excluding hydrogens is 496 g/mol. The van der Waals surface area contributed by atoms with Crippen molar-refractivity contribution in [2.75, 3.05) is 0 Å². The maximum Gasteiger partial charge on any atom is 0.333 e.